The third-order valence-corrected chi connectivity index (χ3v) is 4.96. The number of rotatable bonds is 10. The SMILES string of the molecule is CCCCNc1nc2c(c(=O)[nH]c(=O)n2C)n1C[C@@H](O)COc1cccc(CC)c1. The molecule has 1 atom stereocenters. The molecule has 0 aliphatic heterocycles. The van der Waals surface area contributed by atoms with Crippen molar-refractivity contribution in [2.75, 3.05) is 18.5 Å². The van der Waals surface area contributed by atoms with Crippen molar-refractivity contribution in [3.8, 4) is 5.75 Å². The fourth-order valence-electron chi connectivity index (χ4n) is 3.24. The van der Waals surface area contributed by atoms with Crippen LogP contribution in [0.2, 0.25) is 0 Å². The molecule has 2 heterocycles. The summed E-state index contributed by atoms with van der Waals surface area (Å²) in [6.45, 7) is 4.97. The van der Waals surface area contributed by atoms with Crippen molar-refractivity contribution < 1.29 is 9.84 Å². The minimum atomic E-state index is -0.879. The largest absolute Gasteiger partial charge is 0.491 e. The van der Waals surface area contributed by atoms with Gasteiger partial charge in [0.05, 0.1) is 6.54 Å². The van der Waals surface area contributed by atoms with Crippen LogP contribution < -0.4 is 21.3 Å². The number of aliphatic hydroxyl groups excluding tert-OH is 1. The number of anilines is 1. The van der Waals surface area contributed by atoms with Gasteiger partial charge in [0.15, 0.2) is 11.2 Å². The molecule has 3 rings (SSSR count). The third kappa shape index (κ3) is 4.73. The van der Waals surface area contributed by atoms with Gasteiger partial charge in [-0.3, -0.25) is 14.3 Å². The lowest BCUT2D eigenvalue weighted by Crippen LogP contribution is -2.31. The van der Waals surface area contributed by atoms with Crippen LogP contribution in [0.3, 0.4) is 0 Å². The first-order valence-electron chi connectivity index (χ1n) is 10.3. The molecule has 30 heavy (non-hydrogen) atoms. The number of hydrogen-bond donors (Lipinski definition) is 3. The summed E-state index contributed by atoms with van der Waals surface area (Å²) in [5, 5.41) is 13.8. The van der Waals surface area contributed by atoms with Gasteiger partial charge in [-0.05, 0) is 30.5 Å². The quantitative estimate of drug-likeness (QED) is 0.434. The Morgan fingerprint density at radius 2 is 2.10 bits per heavy atom. The van der Waals surface area contributed by atoms with Crippen molar-refractivity contribution in [1.82, 2.24) is 19.1 Å². The molecule has 9 heteroatoms. The summed E-state index contributed by atoms with van der Waals surface area (Å²) in [7, 11) is 1.55. The van der Waals surface area contributed by atoms with E-state index in [1.807, 2.05) is 24.3 Å². The topological polar surface area (TPSA) is 114 Å². The zero-order chi connectivity index (χ0) is 21.7. The smallest absolute Gasteiger partial charge is 0.329 e. The molecule has 0 aliphatic rings. The summed E-state index contributed by atoms with van der Waals surface area (Å²) in [5.74, 6) is 1.13. The fraction of sp³-hybridized carbons (Fsp3) is 0.476. The van der Waals surface area contributed by atoms with Crippen molar-refractivity contribution in [2.24, 2.45) is 7.05 Å². The van der Waals surface area contributed by atoms with Crippen LogP contribution in [-0.4, -0.2) is 43.5 Å². The van der Waals surface area contributed by atoms with E-state index in [2.05, 4.69) is 29.1 Å². The highest BCUT2D eigenvalue weighted by Gasteiger charge is 2.19. The number of fused-ring (bicyclic) bond motifs is 1. The summed E-state index contributed by atoms with van der Waals surface area (Å²) in [4.78, 5) is 31.2. The van der Waals surface area contributed by atoms with Gasteiger partial charge in [-0.15, -0.1) is 0 Å². The van der Waals surface area contributed by atoms with Gasteiger partial charge in [-0.1, -0.05) is 32.4 Å². The van der Waals surface area contributed by atoms with Gasteiger partial charge >= 0.3 is 5.69 Å². The fourth-order valence-corrected chi connectivity index (χ4v) is 3.24. The number of aryl methyl sites for hydroxylation is 2. The van der Waals surface area contributed by atoms with Crippen molar-refractivity contribution >= 4 is 17.1 Å². The van der Waals surface area contributed by atoms with Crippen molar-refractivity contribution in [3.05, 3.63) is 50.7 Å². The minimum Gasteiger partial charge on any atom is -0.491 e. The van der Waals surface area contributed by atoms with E-state index in [9.17, 15) is 14.7 Å². The lowest BCUT2D eigenvalue weighted by Gasteiger charge is -2.16. The standard InChI is InChI=1S/C21H29N5O4/c1-4-6-10-22-20-23-18-17(19(28)24-21(29)25(18)3)26(20)12-15(27)13-30-16-9-7-8-14(5-2)11-16/h7-9,11,15,27H,4-6,10,12-13H2,1-3H3,(H,22,23)(H,24,28,29)/t15-/m1/s1. The van der Waals surface area contributed by atoms with Crippen molar-refractivity contribution in [3.63, 3.8) is 0 Å². The summed E-state index contributed by atoms with van der Waals surface area (Å²) < 4.78 is 8.64. The van der Waals surface area contributed by atoms with E-state index in [1.54, 1.807) is 11.6 Å². The Kier molecular flexibility index (Phi) is 6.94. The molecule has 3 N–H and O–H groups in total. The summed E-state index contributed by atoms with van der Waals surface area (Å²) in [5.41, 5.74) is 0.594. The van der Waals surface area contributed by atoms with E-state index < -0.39 is 17.4 Å². The van der Waals surface area contributed by atoms with E-state index in [-0.39, 0.29) is 24.3 Å². The van der Waals surface area contributed by atoms with Crippen molar-refractivity contribution in [2.45, 2.75) is 45.8 Å². The Morgan fingerprint density at radius 1 is 1.30 bits per heavy atom. The molecular formula is C21H29N5O4. The highest BCUT2D eigenvalue weighted by atomic mass is 16.5. The number of aromatic amines is 1. The van der Waals surface area contributed by atoms with Gasteiger partial charge in [0.1, 0.15) is 18.5 Å². The molecule has 1 aromatic carbocycles. The highest BCUT2D eigenvalue weighted by Crippen LogP contribution is 2.18. The number of benzene rings is 1. The van der Waals surface area contributed by atoms with Crippen LogP contribution in [0.15, 0.2) is 33.9 Å². The Balaban J connectivity index is 1.85. The summed E-state index contributed by atoms with van der Waals surface area (Å²) in [6, 6.07) is 7.72. The summed E-state index contributed by atoms with van der Waals surface area (Å²) in [6.07, 6.45) is 1.95. The van der Waals surface area contributed by atoms with E-state index in [4.69, 9.17) is 4.74 Å². The molecular weight excluding hydrogens is 386 g/mol. The molecule has 0 spiro atoms. The molecule has 162 valence electrons. The van der Waals surface area contributed by atoms with Crippen LogP contribution in [-0.2, 0) is 20.0 Å². The van der Waals surface area contributed by atoms with Crippen molar-refractivity contribution in [1.29, 1.82) is 0 Å². The predicted molar refractivity (Wildman–Crippen MR) is 116 cm³/mol. The molecule has 0 fully saturated rings. The minimum absolute atomic E-state index is 0.0604. The number of aliphatic hydroxyl groups is 1. The average molecular weight is 415 g/mol. The number of unbranched alkanes of at least 4 members (excludes halogenated alkanes) is 1. The van der Waals surface area contributed by atoms with Gasteiger partial charge in [-0.2, -0.15) is 4.98 Å². The first kappa shape index (κ1) is 21.6. The van der Waals surface area contributed by atoms with E-state index in [0.717, 1.165) is 24.8 Å². The second kappa shape index (κ2) is 9.62. The third-order valence-electron chi connectivity index (χ3n) is 4.96. The maximum absolute atomic E-state index is 12.5. The number of ether oxygens (including phenoxy) is 1. The molecule has 0 saturated heterocycles. The zero-order valence-electron chi connectivity index (χ0n) is 17.6. The zero-order valence-corrected chi connectivity index (χ0v) is 17.6. The number of imidazole rings is 1. The molecule has 0 unspecified atom stereocenters. The van der Waals surface area contributed by atoms with Gasteiger partial charge < -0.3 is 19.7 Å². The van der Waals surface area contributed by atoms with Crippen LogP contribution in [0.4, 0.5) is 5.95 Å². The molecule has 3 aromatic rings. The Hall–Kier alpha value is -3.07. The number of H-pyrrole nitrogens is 1. The highest BCUT2D eigenvalue weighted by molar-refractivity contribution is 5.74. The monoisotopic (exact) mass is 415 g/mol. The molecule has 0 radical (unpaired) electrons. The average Bonchev–Trinajstić information content (AvgIpc) is 3.09. The van der Waals surface area contributed by atoms with Crippen LogP contribution in [0, 0.1) is 0 Å². The first-order chi connectivity index (χ1) is 14.4. The molecule has 0 aliphatic carbocycles. The van der Waals surface area contributed by atoms with Gasteiger partial charge in [0.2, 0.25) is 5.95 Å². The lowest BCUT2D eigenvalue weighted by molar-refractivity contribution is 0.0938. The van der Waals surface area contributed by atoms with E-state index in [1.165, 1.54) is 4.57 Å². The Morgan fingerprint density at radius 3 is 2.83 bits per heavy atom. The number of nitrogens with zero attached hydrogens (tertiary/aromatic N) is 3. The van der Waals surface area contributed by atoms with Crippen LogP contribution in [0.1, 0.15) is 32.3 Å². The number of hydrogen-bond acceptors (Lipinski definition) is 6. The summed E-state index contributed by atoms with van der Waals surface area (Å²) >= 11 is 0. The van der Waals surface area contributed by atoms with E-state index in [0.29, 0.717) is 18.2 Å². The number of aromatic nitrogens is 4. The second-order valence-corrected chi connectivity index (χ2v) is 7.28. The van der Waals surface area contributed by atoms with Gasteiger partial charge in [0.25, 0.3) is 5.56 Å². The normalized spacial score (nSPS) is 12.3. The molecule has 0 saturated carbocycles. The predicted octanol–water partition coefficient (Wildman–Crippen LogP) is 1.64. The Bertz CT molecular complexity index is 1110. The van der Waals surface area contributed by atoms with Crippen LogP contribution in [0.5, 0.6) is 5.75 Å². The maximum Gasteiger partial charge on any atom is 0.329 e. The first-order valence-corrected chi connectivity index (χ1v) is 10.3. The van der Waals surface area contributed by atoms with E-state index >= 15 is 0 Å². The Labute approximate surface area is 174 Å². The van der Waals surface area contributed by atoms with Gasteiger partial charge in [0, 0.05) is 13.6 Å². The lowest BCUT2D eigenvalue weighted by atomic mass is 10.2. The molecule has 0 bridgehead atoms. The van der Waals surface area contributed by atoms with Crippen LogP contribution >= 0.6 is 0 Å². The number of nitrogens with one attached hydrogen (secondary N) is 2. The second-order valence-electron chi connectivity index (χ2n) is 7.28. The van der Waals surface area contributed by atoms with Crippen LogP contribution in [0.25, 0.3) is 11.2 Å². The maximum atomic E-state index is 12.5. The molecule has 0 amide bonds. The van der Waals surface area contributed by atoms with Gasteiger partial charge in [-0.25, -0.2) is 4.79 Å². The molecule has 9 nitrogen and oxygen atoms in total. The molecule has 2 aromatic heterocycles.